The third-order valence-electron chi connectivity index (χ3n) is 8.53. The van der Waals surface area contributed by atoms with Gasteiger partial charge in [0.25, 0.3) is 0 Å². The molecule has 0 bridgehead atoms. The van der Waals surface area contributed by atoms with Crippen molar-refractivity contribution in [2.45, 2.75) is 187 Å². The van der Waals surface area contributed by atoms with E-state index in [-0.39, 0.29) is 6.10 Å². The van der Waals surface area contributed by atoms with Crippen LogP contribution in [-0.2, 0) is 20.9 Å². The van der Waals surface area contributed by atoms with Gasteiger partial charge in [-0.1, -0.05) is 152 Å². The molecule has 1 atom stereocenters. The van der Waals surface area contributed by atoms with Crippen LogP contribution in [0.1, 0.15) is 181 Å². The standard InChI is InChI=1S/C41H78NO3PS/c1-5-7-9-11-13-15-17-19-21-23-25-27-29-31-33-35-37-41(45-46(43,47)44-40-39-42(3)4)38-36-34-32-30-28-26-24-22-20-18-16-14-12-10-8-6-2/h13-16,19-22,41H,5-12,17-18,23-40H2,1-4H3,(H,43,47). The molecule has 0 aromatic carbocycles. The first-order valence-electron chi connectivity index (χ1n) is 19.8. The number of hydrogen-bond donors (Lipinski definition) is 1. The number of rotatable bonds is 36. The molecule has 0 aliphatic rings. The van der Waals surface area contributed by atoms with Gasteiger partial charge < -0.3 is 18.8 Å². The number of unbranched alkanes of at least 4 members (excludes halogenated alkanes) is 18. The smallest absolute Gasteiger partial charge is 0.324 e. The van der Waals surface area contributed by atoms with Gasteiger partial charge in [0, 0.05) is 6.54 Å². The lowest BCUT2D eigenvalue weighted by Crippen LogP contribution is -2.19. The van der Waals surface area contributed by atoms with Gasteiger partial charge in [-0.25, -0.2) is 0 Å². The van der Waals surface area contributed by atoms with E-state index in [0.29, 0.717) is 6.61 Å². The van der Waals surface area contributed by atoms with Crippen LogP contribution in [-0.4, -0.2) is 43.1 Å². The van der Waals surface area contributed by atoms with Crippen molar-refractivity contribution >= 4 is 18.5 Å². The molecule has 1 N–H and O–H groups in total. The van der Waals surface area contributed by atoms with Crippen molar-refractivity contribution in [2.24, 2.45) is 0 Å². The molecule has 0 aromatic heterocycles. The molecule has 0 amide bonds. The molecule has 0 aliphatic heterocycles. The zero-order chi connectivity index (χ0) is 34.5. The molecule has 0 rings (SSSR count). The molecule has 47 heavy (non-hydrogen) atoms. The normalized spacial score (nSPS) is 14.5. The van der Waals surface area contributed by atoms with Crippen LogP contribution >= 0.6 is 6.72 Å². The average molecular weight is 696 g/mol. The Bertz CT molecular complexity index is 763. The summed E-state index contributed by atoms with van der Waals surface area (Å²) in [7, 11) is 3.98. The van der Waals surface area contributed by atoms with Gasteiger partial charge in [-0.3, -0.25) is 0 Å². The Morgan fingerprint density at radius 1 is 0.553 bits per heavy atom. The summed E-state index contributed by atoms with van der Waals surface area (Å²) in [6, 6.07) is 0. The van der Waals surface area contributed by atoms with E-state index in [9.17, 15) is 4.89 Å². The van der Waals surface area contributed by atoms with Gasteiger partial charge in [0.2, 0.25) is 0 Å². The quantitative estimate of drug-likeness (QED) is 0.0401. The Morgan fingerprint density at radius 2 is 0.915 bits per heavy atom. The number of hydrogen-bond acceptors (Lipinski definition) is 4. The minimum atomic E-state index is -3.20. The monoisotopic (exact) mass is 696 g/mol. The second kappa shape index (κ2) is 36.7. The van der Waals surface area contributed by atoms with Gasteiger partial charge in [-0.15, -0.1) is 0 Å². The fraction of sp³-hybridized carbons (Fsp3) is 0.805. The highest BCUT2D eigenvalue weighted by atomic mass is 32.5. The van der Waals surface area contributed by atoms with Gasteiger partial charge in [0.1, 0.15) is 0 Å². The van der Waals surface area contributed by atoms with Crippen LogP contribution in [0.3, 0.4) is 0 Å². The SMILES string of the molecule is CCCCCC=CCC=CCCCCCCCCC(CCCCCCCCC=CCC=CCCCCC)OP(O)(=S)OCCN(C)C. The molecule has 6 heteroatoms. The van der Waals surface area contributed by atoms with E-state index in [1.54, 1.807) is 0 Å². The average Bonchev–Trinajstić information content (AvgIpc) is 3.03. The van der Waals surface area contributed by atoms with Crippen LogP contribution in [0.5, 0.6) is 0 Å². The van der Waals surface area contributed by atoms with E-state index in [4.69, 9.17) is 20.9 Å². The highest BCUT2D eigenvalue weighted by Gasteiger charge is 2.21. The van der Waals surface area contributed by atoms with E-state index >= 15 is 0 Å². The lowest BCUT2D eigenvalue weighted by atomic mass is 10.0. The largest absolute Gasteiger partial charge is 0.324 e. The third-order valence-corrected chi connectivity index (χ3v) is 10.2. The summed E-state index contributed by atoms with van der Waals surface area (Å²) in [4.78, 5) is 12.7. The molecular weight excluding hydrogens is 617 g/mol. The predicted octanol–water partition coefficient (Wildman–Crippen LogP) is 13.6. The summed E-state index contributed by atoms with van der Waals surface area (Å²) in [5, 5.41) is 0. The van der Waals surface area contributed by atoms with Crippen molar-refractivity contribution in [3.8, 4) is 0 Å². The Hall–Kier alpha value is -0.550. The molecule has 0 saturated carbocycles. The number of allylic oxidation sites excluding steroid dienone is 8. The summed E-state index contributed by atoms with van der Waals surface area (Å²) in [5.41, 5.74) is 0. The molecule has 1 unspecified atom stereocenters. The zero-order valence-corrected chi connectivity index (χ0v) is 33.3. The molecule has 0 saturated heterocycles. The Labute approximate surface area is 299 Å². The molecule has 276 valence electrons. The molecule has 0 aliphatic carbocycles. The van der Waals surface area contributed by atoms with E-state index < -0.39 is 6.72 Å². The molecule has 0 radical (unpaired) electrons. The van der Waals surface area contributed by atoms with Gasteiger partial charge in [0.15, 0.2) is 0 Å². The highest BCUT2D eigenvalue weighted by molar-refractivity contribution is 8.07. The topological polar surface area (TPSA) is 41.9 Å². The number of nitrogens with zero attached hydrogens (tertiary/aromatic N) is 1. The second-order valence-electron chi connectivity index (χ2n) is 13.6. The molecule has 0 aromatic rings. The molecule has 0 spiro atoms. The van der Waals surface area contributed by atoms with Crippen molar-refractivity contribution in [3.05, 3.63) is 48.6 Å². The predicted molar refractivity (Wildman–Crippen MR) is 214 cm³/mol. The van der Waals surface area contributed by atoms with Crippen molar-refractivity contribution in [1.82, 2.24) is 4.90 Å². The summed E-state index contributed by atoms with van der Waals surface area (Å²) in [5.74, 6) is 0. The van der Waals surface area contributed by atoms with E-state index in [1.807, 2.05) is 19.0 Å². The summed E-state index contributed by atoms with van der Waals surface area (Å²) in [6.07, 6.45) is 50.5. The van der Waals surface area contributed by atoms with E-state index in [2.05, 4.69) is 62.5 Å². The van der Waals surface area contributed by atoms with Crippen LogP contribution in [0.4, 0.5) is 0 Å². The maximum atomic E-state index is 10.7. The zero-order valence-electron chi connectivity index (χ0n) is 31.6. The summed E-state index contributed by atoms with van der Waals surface area (Å²) < 4.78 is 11.7. The first-order valence-corrected chi connectivity index (χ1v) is 22.4. The minimum Gasteiger partial charge on any atom is -0.324 e. The molecular formula is C41H78NO3PS. The van der Waals surface area contributed by atoms with Crippen molar-refractivity contribution < 1.29 is 13.9 Å². The van der Waals surface area contributed by atoms with Crippen LogP contribution in [0, 0.1) is 0 Å². The highest BCUT2D eigenvalue weighted by Crippen LogP contribution is 2.46. The summed E-state index contributed by atoms with van der Waals surface area (Å²) in [6.45, 7) is 2.45. The van der Waals surface area contributed by atoms with Gasteiger partial charge >= 0.3 is 6.72 Å². The number of likely N-dealkylation sites (N-methyl/N-ethyl adjacent to an activating group) is 1. The van der Waals surface area contributed by atoms with Crippen molar-refractivity contribution in [3.63, 3.8) is 0 Å². The molecule has 0 fully saturated rings. The van der Waals surface area contributed by atoms with E-state index in [1.165, 1.54) is 128 Å². The second-order valence-corrected chi connectivity index (χ2v) is 16.4. The minimum absolute atomic E-state index is 0.00172. The van der Waals surface area contributed by atoms with Crippen LogP contribution in [0.25, 0.3) is 0 Å². The fourth-order valence-electron chi connectivity index (χ4n) is 5.53. The maximum Gasteiger partial charge on any atom is 0.324 e. The molecule has 4 nitrogen and oxygen atoms in total. The first-order chi connectivity index (χ1) is 22.9. The van der Waals surface area contributed by atoms with Crippen LogP contribution in [0.2, 0.25) is 0 Å². The first kappa shape index (κ1) is 46.5. The Balaban J connectivity index is 4.14. The Morgan fingerprint density at radius 3 is 1.30 bits per heavy atom. The Kier molecular flexibility index (Phi) is 36.3. The molecule has 0 heterocycles. The van der Waals surface area contributed by atoms with E-state index in [0.717, 1.165) is 45.1 Å². The maximum absolute atomic E-state index is 10.7. The fourth-order valence-corrected chi connectivity index (χ4v) is 7.08. The lowest BCUT2D eigenvalue weighted by molar-refractivity contribution is 0.119. The third kappa shape index (κ3) is 38.1. The van der Waals surface area contributed by atoms with Gasteiger partial charge in [-0.05, 0) is 103 Å². The lowest BCUT2D eigenvalue weighted by Gasteiger charge is -2.24. The van der Waals surface area contributed by atoms with Crippen molar-refractivity contribution in [1.29, 1.82) is 0 Å². The van der Waals surface area contributed by atoms with Crippen LogP contribution in [0.15, 0.2) is 48.6 Å². The van der Waals surface area contributed by atoms with Gasteiger partial charge in [-0.2, -0.15) is 0 Å². The summed E-state index contributed by atoms with van der Waals surface area (Å²) >= 11 is 5.39. The van der Waals surface area contributed by atoms with Crippen LogP contribution < -0.4 is 0 Å². The van der Waals surface area contributed by atoms with Gasteiger partial charge in [0.05, 0.1) is 12.7 Å². The van der Waals surface area contributed by atoms with Crippen molar-refractivity contribution in [2.75, 3.05) is 27.2 Å².